The van der Waals surface area contributed by atoms with Crippen LogP contribution in [0.4, 0.5) is 11.4 Å². The summed E-state index contributed by atoms with van der Waals surface area (Å²) in [7, 11) is 4.13. The van der Waals surface area contributed by atoms with Gasteiger partial charge in [-0.1, -0.05) is 6.07 Å². The van der Waals surface area contributed by atoms with E-state index >= 15 is 0 Å². The lowest BCUT2D eigenvalue weighted by atomic mass is 10.2. The summed E-state index contributed by atoms with van der Waals surface area (Å²) in [5.41, 5.74) is 6.45. The molecule has 20 heavy (non-hydrogen) atoms. The van der Waals surface area contributed by atoms with Crippen molar-refractivity contribution >= 4 is 11.4 Å². The van der Waals surface area contributed by atoms with Crippen molar-refractivity contribution in [2.75, 3.05) is 24.3 Å². The second kappa shape index (κ2) is 6.04. The van der Waals surface area contributed by atoms with Gasteiger partial charge in [-0.05, 0) is 50.6 Å². The van der Waals surface area contributed by atoms with E-state index in [1.165, 1.54) is 22.6 Å². The van der Waals surface area contributed by atoms with Crippen LogP contribution in [0.1, 0.15) is 23.9 Å². The van der Waals surface area contributed by atoms with Crippen LogP contribution in [0.25, 0.3) is 0 Å². The Morgan fingerprint density at radius 1 is 1.15 bits per heavy atom. The van der Waals surface area contributed by atoms with Gasteiger partial charge in [-0.2, -0.15) is 0 Å². The first-order chi connectivity index (χ1) is 9.52. The van der Waals surface area contributed by atoms with Gasteiger partial charge in [-0.3, -0.25) is 0 Å². The van der Waals surface area contributed by atoms with Crippen LogP contribution in [-0.4, -0.2) is 18.7 Å². The molecule has 0 saturated heterocycles. The molecule has 1 aromatic heterocycles. The highest BCUT2D eigenvalue weighted by molar-refractivity contribution is 5.57. The van der Waals surface area contributed by atoms with E-state index in [1.54, 1.807) is 0 Å². The summed E-state index contributed by atoms with van der Waals surface area (Å²) in [6, 6.07) is 10.8. The maximum atomic E-state index is 3.52. The highest BCUT2D eigenvalue weighted by atomic mass is 15.1. The van der Waals surface area contributed by atoms with Gasteiger partial charge in [-0.25, -0.2) is 0 Å². The van der Waals surface area contributed by atoms with Gasteiger partial charge < -0.3 is 14.8 Å². The quantitative estimate of drug-likeness (QED) is 0.892. The summed E-state index contributed by atoms with van der Waals surface area (Å²) in [6.07, 6.45) is 0. The molecule has 1 heterocycles. The van der Waals surface area contributed by atoms with Crippen LogP contribution in [-0.2, 0) is 13.1 Å². The molecule has 1 aromatic carbocycles. The summed E-state index contributed by atoms with van der Waals surface area (Å²) < 4.78 is 2.35. The van der Waals surface area contributed by atoms with Crippen molar-refractivity contribution in [3.05, 3.63) is 47.3 Å². The normalized spacial score (nSPS) is 10.7. The Labute approximate surface area is 122 Å². The van der Waals surface area contributed by atoms with E-state index in [9.17, 15) is 0 Å². The van der Waals surface area contributed by atoms with Gasteiger partial charge in [0.15, 0.2) is 0 Å². The summed E-state index contributed by atoms with van der Waals surface area (Å²) in [4.78, 5) is 2.12. The van der Waals surface area contributed by atoms with Crippen molar-refractivity contribution in [3.63, 3.8) is 0 Å². The molecule has 3 nitrogen and oxygen atoms in total. The van der Waals surface area contributed by atoms with E-state index in [0.29, 0.717) is 0 Å². The molecule has 0 fully saturated rings. The summed E-state index contributed by atoms with van der Waals surface area (Å²) >= 11 is 0. The zero-order valence-electron chi connectivity index (χ0n) is 13.2. The maximum Gasteiger partial charge on any atom is 0.0418 e. The number of hydrogen-bond acceptors (Lipinski definition) is 2. The average Bonchev–Trinajstić information content (AvgIpc) is 2.71. The lowest BCUT2D eigenvalue weighted by Gasteiger charge is -2.14. The molecule has 0 atom stereocenters. The van der Waals surface area contributed by atoms with Gasteiger partial charge in [0, 0.05) is 49.9 Å². The Kier molecular flexibility index (Phi) is 4.38. The molecule has 108 valence electrons. The first-order valence-electron chi connectivity index (χ1n) is 7.19. The molecule has 3 heteroatoms. The number of benzene rings is 1. The van der Waals surface area contributed by atoms with Crippen LogP contribution in [0, 0.1) is 13.8 Å². The number of nitrogens with one attached hydrogen (secondary N) is 1. The van der Waals surface area contributed by atoms with Crippen molar-refractivity contribution < 1.29 is 0 Å². The van der Waals surface area contributed by atoms with E-state index in [2.05, 4.69) is 80.0 Å². The Morgan fingerprint density at radius 2 is 1.90 bits per heavy atom. The van der Waals surface area contributed by atoms with Gasteiger partial charge in [-0.15, -0.1) is 0 Å². The fourth-order valence-corrected chi connectivity index (χ4v) is 2.63. The SMILES string of the molecule is CCn1c(C)cc(CNc2cccc(N(C)C)c2)c1C. The summed E-state index contributed by atoms with van der Waals surface area (Å²) in [6.45, 7) is 8.47. The van der Waals surface area contributed by atoms with E-state index in [-0.39, 0.29) is 0 Å². The number of aromatic nitrogens is 1. The molecule has 0 spiro atoms. The minimum absolute atomic E-state index is 0.872. The topological polar surface area (TPSA) is 20.2 Å². The Balaban J connectivity index is 2.11. The summed E-state index contributed by atoms with van der Waals surface area (Å²) in [5.74, 6) is 0. The zero-order valence-corrected chi connectivity index (χ0v) is 13.2. The lowest BCUT2D eigenvalue weighted by Crippen LogP contribution is -2.09. The van der Waals surface area contributed by atoms with Crippen molar-refractivity contribution in [1.82, 2.24) is 4.57 Å². The average molecular weight is 271 g/mol. The van der Waals surface area contributed by atoms with E-state index in [0.717, 1.165) is 18.8 Å². The Bertz CT molecular complexity index is 582. The van der Waals surface area contributed by atoms with Crippen LogP contribution in [0.15, 0.2) is 30.3 Å². The van der Waals surface area contributed by atoms with E-state index < -0.39 is 0 Å². The molecular formula is C17H25N3. The van der Waals surface area contributed by atoms with Crippen LogP contribution in [0.5, 0.6) is 0 Å². The second-order valence-corrected chi connectivity index (χ2v) is 5.44. The second-order valence-electron chi connectivity index (χ2n) is 5.44. The third-order valence-corrected chi connectivity index (χ3v) is 3.84. The standard InChI is InChI=1S/C17H25N3/c1-6-20-13(2)10-15(14(20)3)12-18-16-8-7-9-17(11-16)19(4)5/h7-11,18H,6,12H2,1-5H3. The first kappa shape index (κ1) is 14.5. The van der Waals surface area contributed by atoms with Crippen LogP contribution in [0.2, 0.25) is 0 Å². The number of hydrogen-bond donors (Lipinski definition) is 1. The molecule has 2 aromatic rings. The molecule has 0 saturated carbocycles. The predicted molar refractivity (Wildman–Crippen MR) is 87.7 cm³/mol. The van der Waals surface area contributed by atoms with E-state index in [4.69, 9.17) is 0 Å². The van der Waals surface area contributed by atoms with Gasteiger partial charge in [0.25, 0.3) is 0 Å². The molecule has 1 N–H and O–H groups in total. The van der Waals surface area contributed by atoms with Gasteiger partial charge in [0.1, 0.15) is 0 Å². The number of anilines is 2. The van der Waals surface area contributed by atoms with Crippen molar-refractivity contribution in [1.29, 1.82) is 0 Å². The Hall–Kier alpha value is -1.90. The minimum Gasteiger partial charge on any atom is -0.381 e. The fraction of sp³-hybridized carbons (Fsp3) is 0.412. The lowest BCUT2D eigenvalue weighted by molar-refractivity contribution is 0.715. The van der Waals surface area contributed by atoms with E-state index in [1.807, 2.05) is 0 Å². The predicted octanol–water partition coefficient (Wildman–Crippen LogP) is 3.80. The number of rotatable bonds is 5. The fourth-order valence-electron chi connectivity index (χ4n) is 2.63. The third-order valence-electron chi connectivity index (χ3n) is 3.84. The molecule has 0 unspecified atom stereocenters. The largest absolute Gasteiger partial charge is 0.381 e. The highest BCUT2D eigenvalue weighted by Gasteiger charge is 2.07. The highest BCUT2D eigenvalue weighted by Crippen LogP contribution is 2.20. The molecule has 0 radical (unpaired) electrons. The van der Waals surface area contributed by atoms with Crippen LogP contribution >= 0.6 is 0 Å². The molecule has 0 aliphatic carbocycles. The minimum atomic E-state index is 0.872. The maximum absolute atomic E-state index is 3.52. The van der Waals surface area contributed by atoms with Crippen molar-refractivity contribution in [3.8, 4) is 0 Å². The molecular weight excluding hydrogens is 246 g/mol. The van der Waals surface area contributed by atoms with Gasteiger partial charge in [0.2, 0.25) is 0 Å². The smallest absolute Gasteiger partial charge is 0.0418 e. The van der Waals surface area contributed by atoms with Crippen LogP contribution in [0.3, 0.4) is 0 Å². The third kappa shape index (κ3) is 2.98. The molecule has 0 bridgehead atoms. The van der Waals surface area contributed by atoms with Crippen molar-refractivity contribution in [2.45, 2.75) is 33.9 Å². The molecule has 0 amide bonds. The van der Waals surface area contributed by atoms with Crippen LogP contribution < -0.4 is 10.2 Å². The van der Waals surface area contributed by atoms with Crippen molar-refractivity contribution in [2.24, 2.45) is 0 Å². The van der Waals surface area contributed by atoms with Gasteiger partial charge >= 0.3 is 0 Å². The molecule has 2 rings (SSSR count). The summed E-state index contributed by atoms with van der Waals surface area (Å²) in [5, 5.41) is 3.52. The zero-order chi connectivity index (χ0) is 14.7. The number of nitrogens with zero attached hydrogens (tertiary/aromatic N) is 2. The Morgan fingerprint density at radius 3 is 2.50 bits per heavy atom. The monoisotopic (exact) mass is 271 g/mol. The van der Waals surface area contributed by atoms with Gasteiger partial charge in [0.05, 0.1) is 0 Å². The molecule has 0 aliphatic rings. The number of aryl methyl sites for hydroxylation is 1. The first-order valence-corrected chi connectivity index (χ1v) is 7.19. The molecule has 0 aliphatic heterocycles.